The Morgan fingerprint density at radius 1 is 1.12 bits per heavy atom. The van der Waals surface area contributed by atoms with Crippen molar-refractivity contribution in [3.63, 3.8) is 0 Å². The van der Waals surface area contributed by atoms with Crippen LogP contribution in [0.2, 0.25) is 0 Å². The first-order valence-corrected chi connectivity index (χ1v) is 10.5. The highest BCUT2D eigenvalue weighted by Crippen LogP contribution is 2.27. The molecule has 162 valence electrons. The van der Waals surface area contributed by atoms with E-state index in [1.165, 1.54) is 12.1 Å². The van der Waals surface area contributed by atoms with Crippen LogP contribution in [0, 0.1) is 28.5 Å². The third-order valence-electron chi connectivity index (χ3n) is 5.61. The molecule has 4 rings (SSSR count). The normalized spacial score (nSPS) is 14.1. The van der Waals surface area contributed by atoms with Gasteiger partial charge in [0.15, 0.2) is 11.6 Å². The van der Waals surface area contributed by atoms with Gasteiger partial charge < -0.3 is 9.64 Å². The number of ether oxygens (including phenoxy) is 1. The second-order valence-corrected chi connectivity index (χ2v) is 7.58. The van der Waals surface area contributed by atoms with Crippen LogP contribution in [-0.2, 0) is 13.0 Å². The molecule has 0 aliphatic carbocycles. The number of aromatic nitrogens is 4. The fraction of sp³-hybridized carbons (Fsp3) is 0.348. The van der Waals surface area contributed by atoms with Crippen molar-refractivity contribution in [1.82, 2.24) is 19.7 Å². The average Bonchev–Trinajstić information content (AvgIpc) is 3.26. The Hall–Kier alpha value is -3.98. The minimum absolute atomic E-state index is 0.0160. The van der Waals surface area contributed by atoms with E-state index in [9.17, 15) is 9.65 Å². The molecule has 0 unspecified atom stereocenters. The number of anilines is 1. The zero-order chi connectivity index (χ0) is 22.5. The summed E-state index contributed by atoms with van der Waals surface area (Å²) in [5.41, 5.74) is 2.34. The first-order valence-electron chi connectivity index (χ1n) is 10.5. The highest BCUT2D eigenvalue weighted by Gasteiger charge is 2.25. The maximum Gasteiger partial charge on any atom is 0.225 e. The van der Waals surface area contributed by atoms with Gasteiger partial charge in [0.1, 0.15) is 18.4 Å². The Kier molecular flexibility index (Phi) is 6.27. The molecule has 32 heavy (non-hydrogen) atoms. The number of nitriles is 2. The SMILES string of the molecule is CCc1cnc(N2CCC(n3ncc(COc4ccc(C#N)cc4F)c3C#N)CC2)nc1. The molecular weight excluding hydrogens is 409 g/mol. The lowest BCUT2D eigenvalue weighted by Gasteiger charge is -2.32. The Morgan fingerprint density at radius 3 is 2.50 bits per heavy atom. The van der Waals surface area contributed by atoms with Gasteiger partial charge in [0.25, 0.3) is 0 Å². The van der Waals surface area contributed by atoms with E-state index in [2.05, 4.69) is 33.0 Å². The van der Waals surface area contributed by atoms with Gasteiger partial charge in [-0.05, 0) is 43.0 Å². The molecule has 2 aromatic heterocycles. The quantitative estimate of drug-likeness (QED) is 0.588. The fourth-order valence-corrected chi connectivity index (χ4v) is 3.75. The number of rotatable bonds is 6. The molecule has 3 aromatic rings. The number of halogens is 1. The third-order valence-corrected chi connectivity index (χ3v) is 5.61. The summed E-state index contributed by atoms with van der Waals surface area (Å²) in [4.78, 5) is 11.1. The Balaban J connectivity index is 1.41. The Morgan fingerprint density at radius 2 is 1.88 bits per heavy atom. The van der Waals surface area contributed by atoms with Gasteiger partial charge in [0.05, 0.1) is 23.9 Å². The van der Waals surface area contributed by atoms with E-state index in [4.69, 9.17) is 10.00 Å². The molecule has 1 saturated heterocycles. The molecule has 9 heteroatoms. The first-order chi connectivity index (χ1) is 15.6. The lowest BCUT2D eigenvalue weighted by molar-refractivity contribution is 0.289. The van der Waals surface area contributed by atoms with E-state index < -0.39 is 5.82 Å². The number of nitrogens with zero attached hydrogens (tertiary/aromatic N) is 7. The topological polar surface area (TPSA) is 104 Å². The molecule has 0 atom stereocenters. The average molecular weight is 431 g/mol. The maximum absolute atomic E-state index is 14.1. The standard InChI is InChI=1S/C23H22FN7O/c1-2-16-12-27-23(28-13-16)30-7-5-19(6-8-30)31-21(11-26)18(14-29-31)15-32-22-4-3-17(10-25)9-20(22)24/h3-4,9,12-14,19H,2,5-8,15H2,1H3. The monoisotopic (exact) mass is 431 g/mol. The number of piperidine rings is 1. The molecule has 0 N–H and O–H groups in total. The van der Waals surface area contributed by atoms with Crippen molar-refractivity contribution in [3.05, 3.63) is 65.0 Å². The predicted octanol–water partition coefficient (Wildman–Crippen LogP) is 3.54. The molecular formula is C23H22FN7O. The van der Waals surface area contributed by atoms with Crippen molar-refractivity contribution in [2.24, 2.45) is 0 Å². The summed E-state index contributed by atoms with van der Waals surface area (Å²) in [6.07, 6.45) is 7.83. The molecule has 0 saturated carbocycles. The lowest BCUT2D eigenvalue weighted by atomic mass is 10.1. The summed E-state index contributed by atoms with van der Waals surface area (Å²) in [6, 6.07) is 8.19. The number of aryl methyl sites for hydroxylation is 1. The molecule has 1 aliphatic heterocycles. The summed E-state index contributed by atoms with van der Waals surface area (Å²) in [6.45, 7) is 3.62. The highest BCUT2D eigenvalue weighted by atomic mass is 19.1. The second kappa shape index (κ2) is 9.44. The van der Waals surface area contributed by atoms with Crippen LogP contribution in [0.4, 0.5) is 10.3 Å². The van der Waals surface area contributed by atoms with E-state index in [1.807, 2.05) is 18.5 Å². The molecule has 8 nitrogen and oxygen atoms in total. The molecule has 1 aromatic carbocycles. The van der Waals surface area contributed by atoms with Crippen molar-refractivity contribution in [1.29, 1.82) is 10.5 Å². The fourth-order valence-electron chi connectivity index (χ4n) is 3.75. The predicted molar refractivity (Wildman–Crippen MR) is 114 cm³/mol. The molecule has 1 aliphatic rings. The van der Waals surface area contributed by atoms with Gasteiger partial charge in [-0.3, -0.25) is 4.68 Å². The minimum Gasteiger partial charge on any atom is -0.486 e. The van der Waals surface area contributed by atoms with Crippen molar-refractivity contribution >= 4 is 5.95 Å². The van der Waals surface area contributed by atoms with Crippen LogP contribution < -0.4 is 9.64 Å². The van der Waals surface area contributed by atoms with Gasteiger partial charge in [-0.25, -0.2) is 14.4 Å². The zero-order valence-electron chi connectivity index (χ0n) is 17.7. The van der Waals surface area contributed by atoms with Crippen molar-refractivity contribution < 1.29 is 9.13 Å². The van der Waals surface area contributed by atoms with Crippen LogP contribution in [0.25, 0.3) is 0 Å². The van der Waals surface area contributed by atoms with Gasteiger partial charge in [-0.1, -0.05) is 6.92 Å². The van der Waals surface area contributed by atoms with Crippen molar-refractivity contribution in [2.75, 3.05) is 18.0 Å². The smallest absolute Gasteiger partial charge is 0.225 e. The highest BCUT2D eigenvalue weighted by molar-refractivity contribution is 5.37. The van der Waals surface area contributed by atoms with Crippen molar-refractivity contribution in [2.45, 2.75) is 38.8 Å². The van der Waals surface area contributed by atoms with Crippen molar-refractivity contribution in [3.8, 4) is 17.9 Å². The molecule has 0 radical (unpaired) electrons. The summed E-state index contributed by atoms with van der Waals surface area (Å²) in [7, 11) is 0. The van der Waals surface area contributed by atoms with Crippen LogP contribution >= 0.6 is 0 Å². The minimum atomic E-state index is -0.614. The Bertz CT molecular complexity index is 1170. The van der Waals surface area contributed by atoms with Crippen LogP contribution in [0.5, 0.6) is 5.75 Å². The summed E-state index contributed by atoms with van der Waals surface area (Å²) in [5.74, 6) is 0.139. The van der Waals surface area contributed by atoms with Crippen LogP contribution in [-0.4, -0.2) is 32.8 Å². The maximum atomic E-state index is 14.1. The van der Waals surface area contributed by atoms with Crippen LogP contribution in [0.15, 0.2) is 36.8 Å². The van der Waals surface area contributed by atoms with E-state index in [0.29, 0.717) is 11.3 Å². The summed E-state index contributed by atoms with van der Waals surface area (Å²) >= 11 is 0. The van der Waals surface area contributed by atoms with E-state index in [-0.39, 0.29) is 24.0 Å². The summed E-state index contributed by atoms with van der Waals surface area (Å²) < 4.78 is 21.3. The largest absolute Gasteiger partial charge is 0.486 e. The Labute approximate surface area is 185 Å². The number of benzene rings is 1. The van der Waals surface area contributed by atoms with Gasteiger partial charge in [0, 0.05) is 31.0 Å². The van der Waals surface area contributed by atoms with E-state index >= 15 is 0 Å². The van der Waals surface area contributed by atoms with Gasteiger partial charge in [0.2, 0.25) is 5.95 Å². The first kappa shape index (κ1) is 21.3. The third kappa shape index (κ3) is 4.37. The zero-order valence-corrected chi connectivity index (χ0v) is 17.7. The van der Waals surface area contributed by atoms with Gasteiger partial charge in [-0.2, -0.15) is 15.6 Å². The number of hydrogen-bond acceptors (Lipinski definition) is 7. The van der Waals surface area contributed by atoms with Gasteiger partial charge >= 0.3 is 0 Å². The molecule has 1 fully saturated rings. The summed E-state index contributed by atoms with van der Waals surface area (Å²) in [5, 5.41) is 23.0. The van der Waals surface area contributed by atoms with Gasteiger partial charge in [-0.15, -0.1) is 0 Å². The molecule has 0 amide bonds. The second-order valence-electron chi connectivity index (χ2n) is 7.58. The molecule has 0 spiro atoms. The number of hydrogen-bond donors (Lipinski definition) is 0. The van der Waals surface area contributed by atoms with Crippen LogP contribution in [0.3, 0.4) is 0 Å². The van der Waals surface area contributed by atoms with Crippen LogP contribution in [0.1, 0.15) is 48.2 Å². The van der Waals surface area contributed by atoms with E-state index in [1.54, 1.807) is 10.9 Å². The van der Waals surface area contributed by atoms with E-state index in [0.717, 1.165) is 49.9 Å². The molecule has 0 bridgehead atoms. The molecule has 3 heterocycles. The lowest BCUT2D eigenvalue weighted by Crippen LogP contribution is -2.36.